The van der Waals surface area contributed by atoms with Crippen LogP contribution in [0.4, 0.5) is 0 Å². The number of aliphatic hydroxyl groups is 1. The van der Waals surface area contributed by atoms with Gasteiger partial charge in [-0.25, -0.2) is 4.98 Å². The van der Waals surface area contributed by atoms with E-state index in [-0.39, 0.29) is 29.8 Å². The number of amides is 1. The Morgan fingerprint density at radius 1 is 1.50 bits per heavy atom. The van der Waals surface area contributed by atoms with Crippen LogP contribution in [0.15, 0.2) is 17.2 Å². The quantitative estimate of drug-likeness (QED) is 0.795. The van der Waals surface area contributed by atoms with Crippen LogP contribution in [0, 0.1) is 5.92 Å². The maximum absolute atomic E-state index is 12.5. The van der Waals surface area contributed by atoms with Crippen molar-refractivity contribution in [2.24, 2.45) is 5.92 Å². The molecule has 0 aliphatic carbocycles. The monoisotopic (exact) mass is 308 g/mol. The summed E-state index contributed by atoms with van der Waals surface area (Å²) in [6, 6.07) is 0.160. The van der Waals surface area contributed by atoms with Gasteiger partial charge >= 0.3 is 0 Å². The molecule has 1 aliphatic rings. The Labute approximate surface area is 130 Å². The summed E-state index contributed by atoms with van der Waals surface area (Å²) in [4.78, 5) is 33.9. The zero-order valence-electron chi connectivity index (χ0n) is 13.2. The summed E-state index contributed by atoms with van der Waals surface area (Å²) in [5, 5.41) is 9.26. The van der Waals surface area contributed by atoms with E-state index in [4.69, 9.17) is 0 Å². The molecule has 7 nitrogen and oxygen atoms in total. The number of carbonyl (C=O) groups is 1. The van der Waals surface area contributed by atoms with Crippen molar-refractivity contribution >= 4 is 5.91 Å². The Kier molecular flexibility index (Phi) is 5.68. The highest BCUT2D eigenvalue weighted by Gasteiger charge is 2.30. The lowest BCUT2D eigenvalue weighted by Gasteiger charge is -2.42. The van der Waals surface area contributed by atoms with E-state index < -0.39 is 0 Å². The molecule has 22 heavy (non-hydrogen) atoms. The van der Waals surface area contributed by atoms with Gasteiger partial charge in [-0.3, -0.25) is 14.5 Å². The first-order valence-electron chi connectivity index (χ1n) is 7.70. The van der Waals surface area contributed by atoms with Crippen molar-refractivity contribution in [3.63, 3.8) is 0 Å². The lowest BCUT2D eigenvalue weighted by Crippen LogP contribution is -2.55. The number of hydrogen-bond donors (Lipinski definition) is 2. The minimum absolute atomic E-state index is 0.109. The first-order valence-corrected chi connectivity index (χ1v) is 7.70. The summed E-state index contributed by atoms with van der Waals surface area (Å²) < 4.78 is 0. The zero-order chi connectivity index (χ0) is 16.1. The van der Waals surface area contributed by atoms with Gasteiger partial charge in [0, 0.05) is 45.0 Å². The molecule has 1 saturated heterocycles. The summed E-state index contributed by atoms with van der Waals surface area (Å²) in [7, 11) is 0. The fourth-order valence-corrected chi connectivity index (χ4v) is 2.83. The standard InChI is InChI=1S/C15H24N4O3/c1-11(2)9-18-4-5-19(10-12(18)3-6-20)15(22)13-7-17-14(21)8-16-13/h7-8,11-12,20H,3-6,9-10H2,1-2H3,(H,17,21)/t12-/m0/s1. The van der Waals surface area contributed by atoms with Crippen LogP contribution in [-0.4, -0.2) is 69.6 Å². The van der Waals surface area contributed by atoms with E-state index in [1.165, 1.54) is 6.20 Å². The molecule has 1 amide bonds. The lowest BCUT2D eigenvalue weighted by atomic mass is 10.1. The maximum Gasteiger partial charge on any atom is 0.274 e. The summed E-state index contributed by atoms with van der Waals surface area (Å²) >= 11 is 0. The van der Waals surface area contributed by atoms with Crippen LogP contribution >= 0.6 is 0 Å². The molecule has 1 fully saturated rings. The van der Waals surface area contributed by atoms with Crippen LogP contribution < -0.4 is 5.56 Å². The molecule has 0 aromatic carbocycles. The van der Waals surface area contributed by atoms with Crippen molar-refractivity contribution in [3.8, 4) is 0 Å². The zero-order valence-corrected chi connectivity index (χ0v) is 13.2. The molecule has 2 N–H and O–H groups in total. The van der Waals surface area contributed by atoms with Crippen molar-refractivity contribution < 1.29 is 9.90 Å². The molecule has 2 rings (SSSR count). The van der Waals surface area contributed by atoms with Gasteiger partial charge < -0.3 is 15.0 Å². The molecular formula is C15H24N4O3. The Hall–Kier alpha value is -1.73. The predicted octanol–water partition coefficient (Wildman–Crippen LogP) is -0.0653. The fourth-order valence-electron chi connectivity index (χ4n) is 2.83. The number of nitrogens with zero attached hydrogens (tertiary/aromatic N) is 3. The molecule has 0 radical (unpaired) electrons. The molecular weight excluding hydrogens is 284 g/mol. The highest BCUT2D eigenvalue weighted by atomic mass is 16.3. The van der Waals surface area contributed by atoms with Crippen molar-refractivity contribution in [2.75, 3.05) is 32.8 Å². The van der Waals surface area contributed by atoms with Gasteiger partial charge in [0.2, 0.25) is 0 Å². The van der Waals surface area contributed by atoms with E-state index in [1.54, 1.807) is 4.90 Å². The predicted molar refractivity (Wildman–Crippen MR) is 82.7 cm³/mol. The summed E-state index contributed by atoms with van der Waals surface area (Å²) in [6.45, 7) is 7.40. The number of aliphatic hydroxyl groups excluding tert-OH is 1. The number of carbonyl (C=O) groups excluding carboxylic acids is 1. The molecule has 1 aromatic heterocycles. The number of rotatable bonds is 5. The minimum Gasteiger partial charge on any atom is -0.396 e. The van der Waals surface area contributed by atoms with E-state index in [0.717, 1.165) is 19.3 Å². The number of piperazine rings is 1. The topological polar surface area (TPSA) is 89.5 Å². The fraction of sp³-hybridized carbons (Fsp3) is 0.667. The summed E-state index contributed by atoms with van der Waals surface area (Å²) in [6.07, 6.45) is 3.12. The number of aromatic amines is 1. The van der Waals surface area contributed by atoms with Gasteiger partial charge in [0.1, 0.15) is 5.69 Å². The van der Waals surface area contributed by atoms with Gasteiger partial charge in [0.25, 0.3) is 11.5 Å². The number of hydrogen-bond acceptors (Lipinski definition) is 5. The van der Waals surface area contributed by atoms with Gasteiger partial charge in [0.15, 0.2) is 0 Å². The van der Waals surface area contributed by atoms with Crippen LogP contribution in [0.1, 0.15) is 30.8 Å². The number of aromatic nitrogens is 2. The molecule has 0 saturated carbocycles. The second-order valence-corrected chi connectivity index (χ2v) is 6.10. The van der Waals surface area contributed by atoms with Crippen molar-refractivity contribution in [2.45, 2.75) is 26.3 Å². The van der Waals surface area contributed by atoms with Crippen molar-refractivity contribution in [1.82, 2.24) is 19.8 Å². The molecule has 1 atom stereocenters. The van der Waals surface area contributed by atoms with Gasteiger partial charge in [0.05, 0.1) is 6.20 Å². The van der Waals surface area contributed by atoms with Gasteiger partial charge in [-0.05, 0) is 12.3 Å². The third-order valence-corrected chi connectivity index (χ3v) is 3.85. The molecule has 0 unspecified atom stereocenters. The van der Waals surface area contributed by atoms with Crippen LogP contribution in [0.25, 0.3) is 0 Å². The van der Waals surface area contributed by atoms with Gasteiger partial charge in [-0.15, -0.1) is 0 Å². The highest BCUT2D eigenvalue weighted by molar-refractivity contribution is 5.92. The Morgan fingerprint density at radius 3 is 2.86 bits per heavy atom. The summed E-state index contributed by atoms with van der Waals surface area (Å²) in [5.74, 6) is 0.368. The molecule has 2 heterocycles. The highest BCUT2D eigenvalue weighted by Crippen LogP contribution is 2.16. The lowest BCUT2D eigenvalue weighted by molar-refractivity contribution is 0.0380. The van der Waals surface area contributed by atoms with Gasteiger partial charge in [-0.2, -0.15) is 0 Å². The van der Waals surface area contributed by atoms with Crippen LogP contribution in [0.2, 0.25) is 0 Å². The van der Waals surface area contributed by atoms with Crippen LogP contribution in [0.3, 0.4) is 0 Å². The average molecular weight is 308 g/mol. The maximum atomic E-state index is 12.5. The molecule has 122 valence electrons. The molecule has 1 aromatic rings. The first-order chi connectivity index (χ1) is 10.5. The van der Waals surface area contributed by atoms with E-state index in [2.05, 4.69) is 28.7 Å². The molecule has 0 spiro atoms. The SMILES string of the molecule is CC(C)CN1CCN(C(=O)c2c[nH]c(=O)cn2)C[C@@H]1CCO. The number of nitrogens with one attached hydrogen (secondary N) is 1. The van der Waals surface area contributed by atoms with E-state index in [9.17, 15) is 14.7 Å². The summed E-state index contributed by atoms with van der Waals surface area (Å²) in [5.41, 5.74) is -0.0730. The number of H-pyrrole nitrogens is 1. The Balaban J connectivity index is 2.05. The normalized spacial score (nSPS) is 19.6. The molecule has 0 bridgehead atoms. The minimum atomic E-state index is -0.323. The van der Waals surface area contributed by atoms with Crippen LogP contribution in [-0.2, 0) is 0 Å². The van der Waals surface area contributed by atoms with Crippen molar-refractivity contribution in [1.29, 1.82) is 0 Å². The second kappa shape index (κ2) is 7.51. The third-order valence-electron chi connectivity index (χ3n) is 3.85. The van der Waals surface area contributed by atoms with Gasteiger partial charge in [-0.1, -0.05) is 13.8 Å². The average Bonchev–Trinajstić information content (AvgIpc) is 2.49. The molecule has 7 heteroatoms. The third kappa shape index (κ3) is 4.14. The Morgan fingerprint density at radius 2 is 2.27 bits per heavy atom. The Bertz CT molecular complexity index is 537. The second-order valence-electron chi connectivity index (χ2n) is 6.10. The first kappa shape index (κ1) is 16.6. The van der Waals surface area contributed by atoms with E-state index >= 15 is 0 Å². The molecule has 1 aliphatic heterocycles. The smallest absolute Gasteiger partial charge is 0.274 e. The van der Waals surface area contributed by atoms with E-state index in [1.807, 2.05) is 0 Å². The van der Waals surface area contributed by atoms with E-state index in [0.29, 0.717) is 25.4 Å². The van der Waals surface area contributed by atoms with Crippen LogP contribution in [0.5, 0.6) is 0 Å². The largest absolute Gasteiger partial charge is 0.396 e. The van der Waals surface area contributed by atoms with Crippen molar-refractivity contribution in [3.05, 3.63) is 28.4 Å².